The van der Waals surface area contributed by atoms with Gasteiger partial charge in [-0.3, -0.25) is 4.79 Å². The van der Waals surface area contributed by atoms with E-state index in [9.17, 15) is 18.0 Å². The topological polar surface area (TPSA) is 44.1 Å². The van der Waals surface area contributed by atoms with Crippen molar-refractivity contribution in [3.05, 3.63) is 88.2 Å². The molecule has 0 N–H and O–H groups in total. The minimum Gasteiger partial charge on any atom is -0.406 e. The summed E-state index contributed by atoms with van der Waals surface area (Å²) in [7, 11) is 0. The summed E-state index contributed by atoms with van der Waals surface area (Å²) in [6.45, 7) is 0. The van der Waals surface area contributed by atoms with E-state index in [1.807, 2.05) is 0 Å². The monoisotopic (exact) mass is 416 g/mol. The molecule has 1 aromatic heterocycles. The number of halogens is 4. The number of hydrogen-bond acceptors (Lipinski definition) is 3. The molecular weight excluding hydrogens is 405 g/mol. The molecule has 0 unspecified atom stereocenters. The van der Waals surface area contributed by atoms with Crippen molar-refractivity contribution in [2.24, 2.45) is 0 Å². The summed E-state index contributed by atoms with van der Waals surface area (Å²) in [5.41, 5.74) is 1.22. The summed E-state index contributed by atoms with van der Waals surface area (Å²) in [5.74, 6) is -0.381. The smallest absolute Gasteiger partial charge is 0.406 e. The first-order valence-electron chi connectivity index (χ1n) is 8.46. The molecule has 4 nitrogen and oxygen atoms in total. The van der Waals surface area contributed by atoms with Gasteiger partial charge in [0.1, 0.15) is 5.75 Å². The first kappa shape index (κ1) is 19.0. The number of fused-ring (bicyclic) bond motifs is 1. The van der Waals surface area contributed by atoms with Gasteiger partial charge in [0, 0.05) is 16.0 Å². The van der Waals surface area contributed by atoms with Crippen molar-refractivity contribution in [2.45, 2.75) is 6.36 Å². The molecule has 0 aliphatic carbocycles. The number of aromatic nitrogens is 2. The van der Waals surface area contributed by atoms with Crippen LogP contribution in [-0.2, 0) is 0 Å². The van der Waals surface area contributed by atoms with Crippen LogP contribution in [0.2, 0.25) is 5.02 Å². The molecule has 0 spiro atoms. The summed E-state index contributed by atoms with van der Waals surface area (Å²) in [5, 5.41) is 6.13. The summed E-state index contributed by atoms with van der Waals surface area (Å²) in [6, 6.07) is 19.0. The van der Waals surface area contributed by atoms with E-state index < -0.39 is 6.36 Å². The Morgan fingerprint density at radius 2 is 1.48 bits per heavy atom. The van der Waals surface area contributed by atoms with Gasteiger partial charge in [-0.15, -0.1) is 13.2 Å². The van der Waals surface area contributed by atoms with Gasteiger partial charge in [0.2, 0.25) is 0 Å². The Morgan fingerprint density at radius 3 is 2.10 bits per heavy atom. The van der Waals surface area contributed by atoms with Crippen molar-refractivity contribution in [3.63, 3.8) is 0 Å². The number of benzene rings is 3. The third-order valence-corrected chi connectivity index (χ3v) is 4.49. The third-order valence-electron chi connectivity index (χ3n) is 4.24. The van der Waals surface area contributed by atoms with Crippen LogP contribution in [0.25, 0.3) is 27.7 Å². The molecule has 0 amide bonds. The average Bonchev–Trinajstić information content (AvgIpc) is 2.69. The molecular formula is C21H12ClF3N2O2. The van der Waals surface area contributed by atoms with E-state index >= 15 is 0 Å². The molecule has 4 rings (SSSR count). The first-order valence-corrected chi connectivity index (χ1v) is 8.84. The minimum atomic E-state index is -4.79. The lowest BCUT2D eigenvalue weighted by molar-refractivity contribution is -0.274. The van der Waals surface area contributed by atoms with Crippen LogP contribution in [0, 0.1) is 0 Å². The molecule has 0 atom stereocenters. The number of ether oxygens (including phenoxy) is 1. The molecule has 29 heavy (non-hydrogen) atoms. The average molecular weight is 417 g/mol. The molecule has 8 heteroatoms. The van der Waals surface area contributed by atoms with Crippen molar-refractivity contribution in [1.29, 1.82) is 0 Å². The normalized spacial score (nSPS) is 11.6. The highest BCUT2D eigenvalue weighted by atomic mass is 35.5. The summed E-state index contributed by atoms with van der Waals surface area (Å²) < 4.78 is 42.2. The Kier molecular flexibility index (Phi) is 4.76. The Hall–Kier alpha value is -3.32. The van der Waals surface area contributed by atoms with Gasteiger partial charge in [0.05, 0.1) is 16.8 Å². The van der Waals surface area contributed by atoms with Crippen LogP contribution in [0.15, 0.2) is 77.6 Å². The second-order valence-corrected chi connectivity index (χ2v) is 6.60. The van der Waals surface area contributed by atoms with Gasteiger partial charge in [-0.25, -0.2) is 0 Å². The van der Waals surface area contributed by atoms with Crippen molar-refractivity contribution in [3.8, 4) is 22.7 Å². The van der Waals surface area contributed by atoms with Gasteiger partial charge in [0.25, 0.3) is 5.56 Å². The van der Waals surface area contributed by atoms with E-state index in [4.69, 9.17) is 11.6 Å². The summed E-state index contributed by atoms with van der Waals surface area (Å²) in [4.78, 5) is 12.9. The molecule has 0 bridgehead atoms. The van der Waals surface area contributed by atoms with Crippen LogP contribution in [0.1, 0.15) is 0 Å². The highest BCUT2D eigenvalue weighted by molar-refractivity contribution is 6.30. The molecule has 0 saturated carbocycles. The number of rotatable bonds is 3. The first-order chi connectivity index (χ1) is 13.8. The maximum atomic E-state index is 12.9. The van der Waals surface area contributed by atoms with Gasteiger partial charge < -0.3 is 4.74 Å². The quantitative estimate of drug-likeness (QED) is 0.436. The second-order valence-electron chi connectivity index (χ2n) is 6.16. The third kappa shape index (κ3) is 3.95. The Balaban J connectivity index is 1.88. The number of nitrogens with zero attached hydrogens (tertiary/aromatic N) is 2. The van der Waals surface area contributed by atoms with E-state index in [0.29, 0.717) is 27.2 Å². The largest absolute Gasteiger partial charge is 0.573 e. The summed E-state index contributed by atoms with van der Waals surface area (Å²) >= 11 is 5.96. The molecule has 4 aromatic rings. The lowest BCUT2D eigenvalue weighted by atomic mass is 10.1. The zero-order valence-corrected chi connectivity index (χ0v) is 15.4. The van der Waals surface area contributed by atoms with E-state index in [1.54, 1.807) is 48.5 Å². The van der Waals surface area contributed by atoms with Crippen molar-refractivity contribution in [2.75, 3.05) is 0 Å². The standard InChI is InChI=1S/C21H12ClF3N2O2/c22-14-7-5-13(6-8-14)19-17-3-1-2-4-18(17)20(28)27(26-19)15-9-11-16(12-10-15)29-21(23,24)25/h1-12H. The maximum Gasteiger partial charge on any atom is 0.573 e. The van der Waals surface area contributed by atoms with Crippen LogP contribution in [0.5, 0.6) is 5.75 Å². The van der Waals surface area contributed by atoms with Crippen LogP contribution < -0.4 is 10.3 Å². The van der Waals surface area contributed by atoms with Crippen LogP contribution in [-0.4, -0.2) is 16.1 Å². The van der Waals surface area contributed by atoms with Crippen LogP contribution in [0.4, 0.5) is 13.2 Å². The lowest BCUT2D eigenvalue weighted by Crippen LogP contribution is -2.22. The van der Waals surface area contributed by atoms with Gasteiger partial charge in [-0.1, -0.05) is 41.9 Å². The SMILES string of the molecule is O=c1c2ccccc2c(-c2ccc(Cl)cc2)nn1-c1ccc(OC(F)(F)F)cc1. The fraction of sp³-hybridized carbons (Fsp3) is 0.0476. The molecule has 146 valence electrons. The number of alkyl halides is 3. The lowest BCUT2D eigenvalue weighted by Gasteiger charge is -2.13. The van der Waals surface area contributed by atoms with E-state index in [0.717, 1.165) is 22.4 Å². The molecule has 0 aliphatic rings. The van der Waals surface area contributed by atoms with Crippen LogP contribution in [0.3, 0.4) is 0 Å². The Labute approximate surface area is 167 Å². The molecule has 0 radical (unpaired) electrons. The van der Waals surface area contributed by atoms with Crippen LogP contribution >= 0.6 is 11.6 Å². The van der Waals surface area contributed by atoms with Gasteiger partial charge in [-0.2, -0.15) is 9.78 Å². The molecule has 0 fully saturated rings. The van der Waals surface area contributed by atoms with E-state index in [1.165, 1.54) is 12.1 Å². The Bertz CT molecular complexity index is 1230. The Morgan fingerprint density at radius 1 is 0.862 bits per heavy atom. The predicted octanol–water partition coefficient (Wildman–Crippen LogP) is 5.60. The maximum absolute atomic E-state index is 12.9. The molecule has 0 saturated heterocycles. The van der Waals surface area contributed by atoms with Crippen molar-refractivity contribution in [1.82, 2.24) is 9.78 Å². The van der Waals surface area contributed by atoms with E-state index in [2.05, 4.69) is 9.84 Å². The number of hydrogen-bond donors (Lipinski definition) is 0. The predicted molar refractivity (Wildman–Crippen MR) is 104 cm³/mol. The minimum absolute atomic E-state index is 0.311. The van der Waals surface area contributed by atoms with Gasteiger partial charge in [0.15, 0.2) is 0 Å². The molecule has 0 aliphatic heterocycles. The van der Waals surface area contributed by atoms with Gasteiger partial charge >= 0.3 is 6.36 Å². The van der Waals surface area contributed by atoms with Crippen molar-refractivity contribution >= 4 is 22.4 Å². The summed E-state index contributed by atoms with van der Waals surface area (Å²) in [6.07, 6.45) is -4.79. The second kappa shape index (κ2) is 7.25. The molecule has 3 aromatic carbocycles. The zero-order chi connectivity index (χ0) is 20.6. The fourth-order valence-electron chi connectivity index (χ4n) is 2.97. The van der Waals surface area contributed by atoms with Gasteiger partial charge in [-0.05, 0) is 42.5 Å². The molecule has 1 heterocycles. The van der Waals surface area contributed by atoms with E-state index in [-0.39, 0.29) is 11.3 Å². The highest BCUT2D eigenvalue weighted by Crippen LogP contribution is 2.27. The van der Waals surface area contributed by atoms with Crippen molar-refractivity contribution < 1.29 is 17.9 Å². The fourth-order valence-corrected chi connectivity index (χ4v) is 3.10. The zero-order valence-electron chi connectivity index (χ0n) is 14.7. The highest BCUT2D eigenvalue weighted by Gasteiger charge is 2.31.